The fraction of sp³-hybridized carbons (Fsp3) is 0.529. The van der Waals surface area contributed by atoms with Crippen LogP contribution in [0.4, 0.5) is 9.59 Å². The Labute approximate surface area is 146 Å². The Bertz CT molecular complexity index is 624. The van der Waals surface area contributed by atoms with Gasteiger partial charge in [-0.05, 0) is 30.7 Å². The lowest BCUT2D eigenvalue weighted by Crippen LogP contribution is -2.42. The molecule has 25 heavy (non-hydrogen) atoms. The maximum Gasteiger partial charge on any atom is 0.415 e. The second kappa shape index (κ2) is 8.17. The smallest absolute Gasteiger partial charge is 0.410 e. The van der Waals surface area contributed by atoms with Crippen LogP contribution in [0.1, 0.15) is 5.56 Å². The number of carbonyl (C=O) groups excluding carboxylic acids is 2. The van der Waals surface area contributed by atoms with Crippen molar-refractivity contribution in [3.05, 3.63) is 23.8 Å². The molecule has 0 saturated carbocycles. The molecular weight excluding hydrogens is 328 g/mol. The van der Waals surface area contributed by atoms with Crippen molar-refractivity contribution in [2.24, 2.45) is 0 Å². The summed E-state index contributed by atoms with van der Waals surface area (Å²) in [5.41, 5.74) is 0.717. The minimum absolute atomic E-state index is 0.399. The highest BCUT2D eigenvalue weighted by atomic mass is 16.6. The molecule has 0 atom stereocenters. The Morgan fingerprint density at radius 2 is 1.40 bits per heavy atom. The lowest BCUT2D eigenvalue weighted by Gasteiger charge is -2.26. The summed E-state index contributed by atoms with van der Waals surface area (Å²) in [6.07, 6.45) is -0.801. The van der Waals surface area contributed by atoms with Crippen LogP contribution in [0.2, 0.25) is 0 Å². The number of morpholine rings is 2. The largest absolute Gasteiger partial charge is 0.415 e. The molecule has 0 unspecified atom stereocenters. The van der Waals surface area contributed by atoms with Gasteiger partial charge in [0.05, 0.1) is 26.4 Å². The molecule has 8 heteroatoms. The first-order valence-electron chi connectivity index (χ1n) is 8.33. The molecule has 2 fully saturated rings. The van der Waals surface area contributed by atoms with Gasteiger partial charge in [-0.2, -0.15) is 0 Å². The maximum atomic E-state index is 12.1. The lowest BCUT2D eigenvalue weighted by molar-refractivity contribution is 0.0412. The minimum Gasteiger partial charge on any atom is -0.410 e. The molecule has 136 valence electrons. The standard InChI is InChI=1S/C17H22N2O6/c1-13-12-14(24-16(20)18-4-8-22-9-5-18)2-3-15(13)25-17(21)19-6-10-23-11-7-19/h2-3,12H,4-11H2,1H3. The molecule has 1 aromatic rings. The average Bonchev–Trinajstić information content (AvgIpc) is 2.65. The number of ether oxygens (including phenoxy) is 4. The van der Waals surface area contributed by atoms with Gasteiger partial charge in [0.25, 0.3) is 0 Å². The van der Waals surface area contributed by atoms with Crippen LogP contribution in [0.25, 0.3) is 0 Å². The highest BCUT2D eigenvalue weighted by Crippen LogP contribution is 2.24. The third kappa shape index (κ3) is 4.61. The van der Waals surface area contributed by atoms with Crippen LogP contribution < -0.4 is 9.47 Å². The van der Waals surface area contributed by atoms with Gasteiger partial charge in [0, 0.05) is 26.2 Å². The zero-order valence-electron chi connectivity index (χ0n) is 14.2. The first-order valence-corrected chi connectivity index (χ1v) is 8.33. The van der Waals surface area contributed by atoms with E-state index in [1.165, 1.54) is 0 Å². The normalized spacial score (nSPS) is 18.0. The minimum atomic E-state index is -0.402. The Morgan fingerprint density at radius 1 is 0.880 bits per heavy atom. The van der Waals surface area contributed by atoms with Gasteiger partial charge in [-0.3, -0.25) is 0 Å². The van der Waals surface area contributed by atoms with E-state index in [0.717, 1.165) is 0 Å². The third-order valence-electron chi connectivity index (χ3n) is 4.09. The third-order valence-corrected chi connectivity index (χ3v) is 4.09. The van der Waals surface area contributed by atoms with Crippen molar-refractivity contribution in [2.45, 2.75) is 6.92 Å². The Hall–Kier alpha value is -2.32. The summed E-state index contributed by atoms with van der Waals surface area (Å²) in [6, 6.07) is 4.93. The molecule has 8 nitrogen and oxygen atoms in total. The number of hydrogen-bond acceptors (Lipinski definition) is 6. The lowest BCUT2D eigenvalue weighted by atomic mass is 10.2. The van der Waals surface area contributed by atoms with E-state index >= 15 is 0 Å². The molecule has 2 heterocycles. The Balaban J connectivity index is 1.58. The van der Waals surface area contributed by atoms with Crippen molar-refractivity contribution in [3.8, 4) is 11.5 Å². The van der Waals surface area contributed by atoms with Crippen LogP contribution >= 0.6 is 0 Å². The van der Waals surface area contributed by atoms with Gasteiger partial charge < -0.3 is 28.7 Å². The molecule has 2 aliphatic rings. The molecule has 0 N–H and O–H groups in total. The number of rotatable bonds is 2. The second-order valence-electron chi connectivity index (χ2n) is 5.86. The van der Waals surface area contributed by atoms with Crippen molar-refractivity contribution in [2.75, 3.05) is 52.6 Å². The highest BCUT2D eigenvalue weighted by molar-refractivity contribution is 5.72. The first-order chi connectivity index (χ1) is 12.1. The molecule has 3 rings (SSSR count). The van der Waals surface area contributed by atoms with Crippen molar-refractivity contribution in [3.63, 3.8) is 0 Å². The van der Waals surface area contributed by atoms with Gasteiger partial charge in [-0.1, -0.05) is 0 Å². The van der Waals surface area contributed by atoms with E-state index in [-0.39, 0.29) is 0 Å². The van der Waals surface area contributed by atoms with E-state index in [2.05, 4.69) is 0 Å². The zero-order valence-corrected chi connectivity index (χ0v) is 14.2. The number of benzene rings is 1. The van der Waals surface area contributed by atoms with Gasteiger partial charge in [-0.25, -0.2) is 9.59 Å². The summed E-state index contributed by atoms with van der Waals surface area (Å²) in [7, 11) is 0. The number of aryl methyl sites for hydroxylation is 1. The van der Waals surface area contributed by atoms with E-state index in [9.17, 15) is 9.59 Å². The quantitative estimate of drug-likeness (QED) is 0.807. The molecule has 0 aliphatic carbocycles. The van der Waals surface area contributed by atoms with Crippen molar-refractivity contribution in [1.82, 2.24) is 9.80 Å². The van der Waals surface area contributed by atoms with Crippen molar-refractivity contribution in [1.29, 1.82) is 0 Å². The molecule has 0 radical (unpaired) electrons. The molecule has 0 spiro atoms. The summed E-state index contributed by atoms with van der Waals surface area (Å²) in [5.74, 6) is 0.864. The summed E-state index contributed by atoms with van der Waals surface area (Å²) in [4.78, 5) is 27.4. The van der Waals surface area contributed by atoms with E-state index in [1.54, 1.807) is 34.9 Å². The van der Waals surface area contributed by atoms with Crippen LogP contribution in [-0.2, 0) is 9.47 Å². The number of hydrogen-bond donors (Lipinski definition) is 0. The fourth-order valence-electron chi connectivity index (χ4n) is 2.62. The van der Waals surface area contributed by atoms with Crippen LogP contribution in [0.5, 0.6) is 11.5 Å². The van der Waals surface area contributed by atoms with Gasteiger partial charge >= 0.3 is 12.2 Å². The molecule has 2 amide bonds. The average molecular weight is 350 g/mol. The maximum absolute atomic E-state index is 12.1. The van der Waals surface area contributed by atoms with Crippen LogP contribution in [0.15, 0.2) is 18.2 Å². The SMILES string of the molecule is Cc1cc(OC(=O)N2CCOCC2)ccc1OC(=O)N1CCOCC1. The summed E-state index contributed by atoms with van der Waals surface area (Å²) in [5, 5.41) is 0. The predicted molar refractivity (Wildman–Crippen MR) is 88.0 cm³/mol. The number of amides is 2. The number of carbonyl (C=O) groups is 2. The Kier molecular flexibility index (Phi) is 5.72. The van der Waals surface area contributed by atoms with Gasteiger partial charge in [0.1, 0.15) is 11.5 Å². The highest BCUT2D eigenvalue weighted by Gasteiger charge is 2.21. The summed E-state index contributed by atoms with van der Waals surface area (Å²) >= 11 is 0. The molecule has 2 aliphatic heterocycles. The van der Waals surface area contributed by atoms with Crippen molar-refractivity contribution >= 4 is 12.2 Å². The van der Waals surface area contributed by atoms with Gasteiger partial charge in [-0.15, -0.1) is 0 Å². The molecule has 1 aromatic carbocycles. The Morgan fingerprint density at radius 3 is 1.92 bits per heavy atom. The fourth-order valence-corrected chi connectivity index (χ4v) is 2.62. The second-order valence-corrected chi connectivity index (χ2v) is 5.86. The van der Waals surface area contributed by atoms with E-state index in [4.69, 9.17) is 18.9 Å². The zero-order chi connectivity index (χ0) is 17.6. The van der Waals surface area contributed by atoms with Crippen LogP contribution in [-0.4, -0.2) is 74.6 Å². The molecular formula is C17H22N2O6. The van der Waals surface area contributed by atoms with E-state index in [1.807, 2.05) is 0 Å². The van der Waals surface area contributed by atoms with Crippen molar-refractivity contribution < 1.29 is 28.5 Å². The predicted octanol–water partition coefficient (Wildman–Crippen LogP) is 1.66. The number of nitrogens with zero attached hydrogens (tertiary/aromatic N) is 2. The first kappa shape index (κ1) is 17.5. The van der Waals surface area contributed by atoms with Gasteiger partial charge in [0.2, 0.25) is 0 Å². The van der Waals surface area contributed by atoms with Crippen LogP contribution in [0.3, 0.4) is 0 Å². The van der Waals surface area contributed by atoms with E-state index in [0.29, 0.717) is 69.7 Å². The van der Waals surface area contributed by atoms with Crippen LogP contribution in [0, 0.1) is 6.92 Å². The molecule has 2 saturated heterocycles. The molecule has 0 aromatic heterocycles. The van der Waals surface area contributed by atoms with Gasteiger partial charge in [0.15, 0.2) is 0 Å². The summed E-state index contributed by atoms with van der Waals surface area (Å²) < 4.78 is 21.2. The molecule has 0 bridgehead atoms. The monoisotopic (exact) mass is 350 g/mol. The summed E-state index contributed by atoms with van der Waals surface area (Å²) in [6.45, 7) is 5.96. The van der Waals surface area contributed by atoms with E-state index < -0.39 is 12.2 Å². The topological polar surface area (TPSA) is 77.5 Å².